The van der Waals surface area contributed by atoms with Gasteiger partial charge in [0.25, 0.3) is 0 Å². The average molecular weight is 194 g/mol. The molecule has 1 N–H and O–H groups in total. The van der Waals surface area contributed by atoms with Crippen LogP contribution >= 0.6 is 0 Å². The first kappa shape index (κ1) is 9.21. The van der Waals surface area contributed by atoms with Gasteiger partial charge in [0, 0.05) is 0 Å². The predicted octanol–water partition coefficient (Wildman–Crippen LogP) is 2.97. The minimum atomic E-state index is -0.272. The lowest BCUT2D eigenvalue weighted by molar-refractivity contribution is -0.120. The second-order valence-electron chi connectivity index (χ2n) is 5.99. The summed E-state index contributed by atoms with van der Waals surface area (Å²) in [7, 11) is 0. The molecule has 4 saturated carbocycles. The molecule has 0 heterocycles. The van der Waals surface area contributed by atoms with Crippen LogP contribution in [0.25, 0.3) is 0 Å². The third kappa shape index (κ3) is 1.11. The van der Waals surface area contributed by atoms with Gasteiger partial charge in [0.15, 0.2) is 0 Å². The smallest absolute Gasteiger partial charge is 0.0701 e. The van der Waals surface area contributed by atoms with Crippen molar-refractivity contribution in [3.63, 3.8) is 0 Å². The number of rotatable bonds is 1. The molecule has 4 aliphatic rings. The maximum absolute atomic E-state index is 10.8. The fourth-order valence-corrected chi connectivity index (χ4v) is 4.72. The van der Waals surface area contributed by atoms with Gasteiger partial charge in [0.2, 0.25) is 0 Å². The molecule has 5 atom stereocenters. The van der Waals surface area contributed by atoms with Gasteiger partial charge in [0.05, 0.1) is 5.60 Å². The molecular formula is C13H22O. The first-order valence-electron chi connectivity index (χ1n) is 6.44. The normalized spacial score (nSPS) is 56.1. The summed E-state index contributed by atoms with van der Waals surface area (Å²) in [5, 5.41) is 10.8. The Balaban J connectivity index is 1.96. The van der Waals surface area contributed by atoms with Gasteiger partial charge in [0.1, 0.15) is 0 Å². The van der Waals surface area contributed by atoms with E-state index >= 15 is 0 Å². The summed E-state index contributed by atoms with van der Waals surface area (Å²) >= 11 is 0. The van der Waals surface area contributed by atoms with E-state index in [-0.39, 0.29) is 5.60 Å². The molecular weight excluding hydrogens is 172 g/mol. The highest BCUT2D eigenvalue weighted by Gasteiger charge is 2.52. The molecule has 0 aliphatic heterocycles. The SMILES string of the molecule is CCC1(O)C2CC[C@@H]3CC(C2)CC1C3. The van der Waals surface area contributed by atoms with Gasteiger partial charge in [-0.3, -0.25) is 0 Å². The van der Waals surface area contributed by atoms with E-state index < -0.39 is 0 Å². The van der Waals surface area contributed by atoms with Crippen molar-refractivity contribution in [1.29, 1.82) is 0 Å². The van der Waals surface area contributed by atoms with E-state index in [1.165, 1.54) is 38.5 Å². The van der Waals surface area contributed by atoms with E-state index in [0.29, 0.717) is 11.8 Å². The van der Waals surface area contributed by atoms with Gasteiger partial charge in [-0.15, -0.1) is 0 Å². The van der Waals surface area contributed by atoms with Crippen molar-refractivity contribution >= 4 is 0 Å². The van der Waals surface area contributed by atoms with E-state index in [1.807, 2.05) is 0 Å². The van der Waals surface area contributed by atoms with E-state index in [9.17, 15) is 5.11 Å². The fourth-order valence-electron chi connectivity index (χ4n) is 4.72. The molecule has 0 aromatic carbocycles. The van der Waals surface area contributed by atoms with Crippen LogP contribution in [-0.2, 0) is 0 Å². The quantitative estimate of drug-likeness (QED) is 0.680. The molecule has 0 aromatic rings. The number of hydrogen-bond acceptors (Lipinski definition) is 1. The van der Waals surface area contributed by atoms with Crippen LogP contribution in [0, 0.1) is 23.7 Å². The molecule has 0 radical (unpaired) electrons. The van der Waals surface area contributed by atoms with E-state index in [2.05, 4.69) is 6.92 Å². The van der Waals surface area contributed by atoms with E-state index in [4.69, 9.17) is 0 Å². The van der Waals surface area contributed by atoms with Crippen LogP contribution in [-0.4, -0.2) is 10.7 Å². The zero-order valence-corrected chi connectivity index (χ0v) is 9.21. The molecule has 4 rings (SSSR count). The van der Waals surface area contributed by atoms with E-state index in [0.717, 1.165) is 18.3 Å². The Bertz CT molecular complexity index is 227. The zero-order valence-electron chi connectivity index (χ0n) is 9.21. The maximum Gasteiger partial charge on any atom is 0.0701 e. The summed E-state index contributed by atoms with van der Waals surface area (Å²) in [4.78, 5) is 0. The van der Waals surface area contributed by atoms with Crippen molar-refractivity contribution in [2.45, 2.75) is 57.5 Å². The largest absolute Gasteiger partial charge is 0.389 e. The molecule has 14 heavy (non-hydrogen) atoms. The second-order valence-corrected chi connectivity index (χ2v) is 5.99. The van der Waals surface area contributed by atoms with Crippen molar-refractivity contribution in [3.8, 4) is 0 Å². The van der Waals surface area contributed by atoms with Crippen molar-refractivity contribution in [3.05, 3.63) is 0 Å². The Morgan fingerprint density at radius 2 is 1.71 bits per heavy atom. The maximum atomic E-state index is 10.8. The lowest BCUT2D eigenvalue weighted by Gasteiger charge is -2.50. The van der Waals surface area contributed by atoms with Crippen molar-refractivity contribution in [2.75, 3.05) is 0 Å². The third-order valence-corrected chi connectivity index (χ3v) is 5.42. The average Bonchev–Trinajstić information content (AvgIpc) is 2.39. The minimum absolute atomic E-state index is 0.272. The van der Waals surface area contributed by atoms with Crippen molar-refractivity contribution in [1.82, 2.24) is 0 Å². The Labute approximate surface area is 86.9 Å². The monoisotopic (exact) mass is 194 g/mol. The van der Waals surface area contributed by atoms with Crippen LogP contribution < -0.4 is 0 Å². The van der Waals surface area contributed by atoms with Gasteiger partial charge < -0.3 is 5.11 Å². The number of hydrogen-bond donors (Lipinski definition) is 1. The number of aliphatic hydroxyl groups is 1. The molecule has 4 unspecified atom stereocenters. The molecule has 0 spiro atoms. The number of fused-ring (bicyclic) bond motifs is 1. The van der Waals surface area contributed by atoms with Crippen molar-refractivity contribution in [2.24, 2.45) is 23.7 Å². The first-order valence-corrected chi connectivity index (χ1v) is 6.44. The van der Waals surface area contributed by atoms with E-state index in [1.54, 1.807) is 0 Å². The molecule has 0 amide bonds. The molecule has 0 saturated heterocycles. The Kier molecular flexibility index (Phi) is 1.96. The summed E-state index contributed by atoms with van der Waals surface area (Å²) in [6.45, 7) is 2.18. The molecule has 1 heteroatoms. The fraction of sp³-hybridized carbons (Fsp3) is 1.00. The zero-order chi connectivity index (χ0) is 9.76. The lowest BCUT2D eigenvalue weighted by atomic mass is 9.59. The highest BCUT2D eigenvalue weighted by molar-refractivity contribution is 5.03. The van der Waals surface area contributed by atoms with Gasteiger partial charge in [-0.25, -0.2) is 0 Å². The molecule has 4 bridgehead atoms. The summed E-state index contributed by atoms with van der Waals surface area (Å²) in [5.74, 6) is 3.23. The summed E-state index contributed by atoms with van der Waals surface area (Å²) in [6, 6.07) is 0. The van der Waals surface area contributed by atoms with Gasteiger partial charge >= 0.3 is 0 Å². The highest BCUT2D eigenvalue weighted by atomic mass is 16.3. The van der Waals surface area contributed by atoms with Crippen LogP contribution in [0.3, 0.4) is 0 Å². The Hall–Kier alpha value is -0.0400. The Morgan fingerprint density at radius 3 is 2.50 bits per heavy atom. The summed E-state index contributed by atoms with van der Waals surface area (Å²) in [5.41, 5.74) is -0.272. The molecule has 4 aliphatic carbocycles. The second kappa shape index (κ2) is 2.98. The highest BCUT2D eigenvalue weighted by Crippen LogP contribution is 2.56. The minimum Gasteiger partial charge on any atom is -0.389 e. The first-order chi connectivity index (χ1) is 6.72. The summed E-state index contributed by atoms with van der Waals surface area (Å²) < 4.78 is 0. The van der Waals surface area contributed by atoms with Crippen LogP contribution in [0.5, 0.6) is 0 Å². The molecule has 80 valence electrons. The molecule has 4 fully saturated rings. The van der Waals surface area contributed by atoms with Crippen LogP contribution in [0.4, 0.5) is 0 Å². The van der Waals surface area contributed by atoms with Gasteiger partial charge in [-0.05, 0) is 62.2 Å². The predicted molar refractivity (Wildman–Crippen MR) is 56.9 cm³/mol. The van der Waals surface area contributed by atoms with Gasteiger partial charge in [-0.1, -0.05) is 13.3 Å². The van der Waals surface area contributed by atoms with Crippen LogP contribution in [0.1, 0.15) is 51.9 Å². The van der Waals surface area contributed by atoms with Crippen LogP contribution in [0.15, 0.2) is 0 Å². The van der Waals surface area contributed by atoms with Crippen molar-refractivity contribution < 1.29 is 5.11 Å². The standard InChI is InChI=1S/C13H22O/c1-2-13(14)11-4-3-9-5-10(7-11)8-12(13)6-9/h9-12,14H,2-8H2,1H3/t9-,10?,11?,12?,13?/m1/s1. The van der Waals surface area contributed by atoms with Gasteiger partial charge in [-0.2, -0.15) is 0 Å². The molecule has 1 nitrogen and oxygen atoms in total. The van der Waals surface area contributed by atoms with Crippen LogP contribution in [0.2, 0.25) is 0 Å². The topological polar surface area (TPSA) is 20.2 Å². The molecule has 0 aromatic heterocycles. The lowest BCUT2D eigenvalue weighted by Crippen LogP contribution is -2.50. The Morgan fingerprint density at radius 1 is 1.00 bits per heavy atom. The third-order valence-electron chi connectivity index (χ3n) is 5.42. The summed E-state index contributed by atoms with van der Waals surface area (Å²) in [6.07, 6.45) is 9.17.